The third kappa shape index (κ3) is 9.71. The minimum absolute atomic E-state index is 0.0585. The Morgan fingerprint density at radius 3 is 2.11 bits per heavy atom. The molecule has 0 radical (unpaired) electrons. The van der Waals surface area contributed by atoms with E-state index in [1.165, 1.54) is 57.3 Å². The highest BCUT2D eigenvalue weighted by Crippen LogP contribution is 2.34. The number of likely N-dealkylation sites (tertiary alicyclic amines) is 2. The van der Waals surface area contributed by atoms with Gasteiger partial charge in [0, 0.05) is 70.3 Å². The van der Waals surface area contributed by atoms with Crippen LogP contribution in [0.2, 0.25) is 5.02 Å². The lowest BCUT2D eigenvalue weighted by Crippen LogP contribution is -2.34. The number of hydrogen-bond acceptors (Lipinski definition) is 7. The first kappa shape index (κ1) is 37.2. The molecule has 0 saturated carbocycles. The molecule has 280 valence electrons. The van der Waals surface area contributed by atoms with Gasteiger partial charge >= 0.3 is 0 Å². The molecular weight excluding hydrogens is 696 g/mol. The number of rotatable bonds is 10. The predicted molar refractivity (Wildman–Crippen MR) is 221 cm³/mol. The van der Waals surface area contributed by atoms with Crippen molar-refractivity contribution in [3.63, 3.8) is 0 Å². The third-order valence-corrected chi connectivity index (χ3v) is 10.7. The van der Waals surface area contributed by atoms with Crippen LogP contribution in [0.15, 0.2) is 103 Å². The van der Waals surface area contributed by atoms with Gasteiger partial charge < -0.3 is 35.8 Å². The van der Waals surface area contributed by atoms with Crippen LogP contribution in [-0.4, -0.2) is 68.0 Å². The van der Waals surface area contributed by atoms with Crippen molar-refractivity contribution in [3.05, 3.63) is 125 Å². The van der Waals surface area contributed by atoms with E-state index < -0.39 is 0 Å². The zero-order valence-electron chi connectivity index (χ0n) is 30.9. The Balaban J connectivity index is 0.000000167. The fraction of sp³-hybridized carbons (Fsp3) is 0.318. The lowest BCUT2D eigenvalue weighted by atomic mass is 10.00. The average Bonchev–Trinajstić information content (AvgIpc) is 3.69. The van der Waals surface area contributed by atoms with Gasteiger partial charge in [-0.25, -0.2) is 0 Å². The van der Waals surface area contributed by atoms with Crippen LogP contribution in [-0.2, 0) is 16.0 Å². The van der Waals surface area contributed by atoms with E-state index in [4.69, 9.17) is 16.3 Å². The largest absolute Gasteiger partial charge is 0.493 e. The Bertz CT molecular complexity index is 1990. The van der Waals surface area contributed by atoms with Gasteiger partial charge in [-0.3, -0.25) is 9.59 Å². The van der Waals surface area contributed by atoms with Crippen LogP contribution in [0.5, 0.6) is 5.75 Å². The van der Waals surface area contributed by atoms with Crippen molar-refractivity contribution in [2.45, 2.75) is 38.5 Å². The third-order valence-electron chi connectivity index (χ3n) is 10.4. The molecule has 4 heterocycles. The summed E-state index contributed by atoms with van der Waals surface area (Å²) in [5.41, 5.74) is 7.90. The minimum atomic E-state index is -0.137. The van der Waals surface area contributed by atoms with Gasteiger partial charge in [0.25, 0.3) is 11.8 Å². The van der Waals surface area contributed by atoms with Crippen molar-refractivity contribution >= 4 is 57.3 Å². The molecule has 4 aliphatic heterocycles. The summed E-state index contributed by atoms with van der Waals surface area (Å²) >= 11 is 6.06. The smallest absolute Gasteiger partial charge is 0.257 e. The molecule has 9 nitrogen and oxygen atoms in total. The zero-order chi connectivity index (χ0) is 37.3. The number of fused-ring (bicyclic) bond motifs is 2. The first-order chi connectivity index (χ1) is 26.4. The molecule has 2 fully saturated rings. The standard InChI is InChI=1S/C22H24ClN3O2.C22H25N3O/c1-26-10-2-3-15(13-26)14-28-18-7-5-17(6-8-18)24-12-20-19-11-16(23)4-9-21(19)25-22(20)27;26-22-20(19-6-2-3-7-21(19)24-22)16-23-18-10-8-17(9-11-18)12-15-25-13-4-1-5-14-25/h4-9,11-12,15,24H,2-3,10,13-14H2,1H3,(H,25,27);2-3,6-11,16,23H,1,4-5,12-15H2,(H,24,26)/b20-12-;20-16-. The molecule has 0 spiro atoms. The van der Waals surface area contributed by atoms with Crippen LogP contribution >= 0.6 is 11.6 Å². The summed E-state index contributed by atoms with van der Waals surface area (Å²) in [6.07, 6.45) is 11.1. The summed E-state index contributed by atoms with van der Waals surface area (Å²) in [6, 6.07) is 29.5. The lowest BCUT2D eigenvalue weighted by Gasteiger charge is -2.29. The van der Waals surface area contributed by atoms with E-state index in [1.807, 2.05) is 54.6 Å². The van der Waals surface area contributed by atoms with Crippen LogP contribution in [0.25, 0.3) is 11.1 Å². The number of nitrogens with one attached hydrogen (secondary N) is 4. The van der Waals surface area contributed by atoms with E-state index in [0.29, 0.717) is 22.1 Å². The van der Waals surface area contributed by atoms with E-state index >= 15 is 0 Å². The molecule has 10 heteroatoms. The second kappa shape index (κ2) is 17.8. The van der Waals surface area contributed by atoms with Crippen molar-refractivity contribution < 1.29 is 14.3 Å². The summed E-state index contributed by atoms with van der Waals surface area (Å²) < 4.78 is 5.95. The van der Waals surface area contributed by atoms with Gasteiger partial charge in [0.2, 0.25) is 0 Å². The normalized spacial score (nSPS) is 19.7. The van der Waals surface area contributed by atoms with Gasteiger partial charge in [0.05, 0.1) is 17.8 Å². The highest BCUT2D eigenvalue weighted by Gasteiger charge is 2.25. The first-order valence-electron chi connectivity index (χ1n) is 19.1. The van der Waals surface area contributed by atoms with Crippen molar-refractivity contribution in [1.82, 2.24) is 9.80 Å². The predicted octanol–water partition coefficient (Wildman–Crippen LogP) is 8.59. The molecule has 0 aromatic heterocycles. The van der Waals surface area contributed by atoms with Gasteiger partial charge in [-0.15, -0.1) is 0 Å². The maximum atomic E-state index is 12.2. The highest BCUT2D eigenvalue weighted by atomic mass is 35.5. The molecule has 4 aromatic rings. The van der Waals surface area contributed by atoms with Crippen LogP contribution < -0.4 is 26.0 Å². The average molecular weight is 745 g/mol. The van der Waals surface area contributed by atoms with Gasteiger partial charge in [0.15, 0.2) is 0 Å². The topological polar surface area (TPSA) is 98.0 Å². The molecular formula is C44H49ClN6O3. The number of halogens is 1. The monoisotopic (exact) mass is 744 g/mol. The fourth-order valence-corrected chi connectivity index (χ4v) is 7.58. The van der Waals surface area contributed by atoms with Crippen molar-refractivity contribution in [1.29, 1.82) is 0 Å². The molecule has 4 aromatic carbocycles. The zero-order valence-corrected chi connectivity index (χ0v) is 31.6. The van der Waals surface area contributed by atoms with Crippen molar-refractivity contribution in [2.75, 3.05) is 67.6 Å². The van der Waals surface area contributed by atoms with E-state index in [1.54, 1.807) is 24.5 Å². The quantitative estimate of drug-likeness (QED) is 0.121. The number of hydrogen-bond donors (Lipinski definition) is 4. The molecule has 2 amide bonds. The number of carbonyl (C=O) groups is 2. The molecule has 0 bridgehead atoms. The fourth-order valence-electron chi connectivity index (χ4n) is 7.41. The Morgan fingerprint density at radius 1 is 0.759 bits per heavy atom. The summed E-state index contributed by atoms with van der Waals surface area (Å²) in [5.74, 6) is 1.26. The van der Waals surface area contributed by atoms with Gasteiger partial charge in [-0.05, 0) is 125 Å². The molecule has 4 aliphatic rings. The molecule has 4 N–H and O–H groups in total. The summed E-state index contributed by atoms with van der Waals surface area (Å²) in [4.78, 5) is 29.2. The first-order valence-corrected chi connectivity index (χ1v) is 19.4. The number of nitrogens with zero attached hydrogens (tertiary/aromatic N) is 2. The van der Waals surface area contributed by atoms with E-state index in [-0.39, 0.29) is 11.8 Å². The molecule has 0 aliphatic carbocycles. The molecule has 1 unspecified atom stereocenters. The molecule has 8 rings (SSSR count). The second-order valence-corrected chi connectivity index (χ2v) is 14.9. The lowest BCUT2D eigenvalue weighted by molar-refractivity contribution is -0.111. The van der Waals surface area contributed by atoms with Crippen molar-refractivity contribution in [3.8, 4) is 5.75 Å². The number of piperidine rings is 2. The van der Waals surface area contributed by atoms with Crippen LogP contribution in [0.1, 0.15) is 48.8 Å². The summed E-state index contributed by atoms with van der Waals surface area (Å²) in [5, 5.41) is 12.8. The Kier molecular flexibility index (Phi) is 12.3. The van der Waals surface area contributed by atoms with E-state index in [0.717, 1.165) is 65.7 Å². The Hall–Kier alpha value is -5.09. The van der Waals surface area contributed by atoms with Crippen LogP contribution in [0, 0.1) is 5.92 Å². The van der Waals surface area contributed by atoms with Gasteiger partial charge in [-0.2, -0.15) is 0 Å². The van der Waals surface area contributed by atoms with Crippen LogP contribution in [0.3, 0.4) is 0 Å². The summed E-state index contributed by atoms with van der Waals surface area (Å²) in [6.45, 7) is 6.67. The Labute approximate surface area is 323 Å². The number of ether oxygens (including phenoxy) is 1. The number of para-hydroxylation sites is 1. The number of benzene rings is 4. The highest BCUT2D eigenvalue weighted by molar-refractivity contribution is 6.34. The Morgan fingerprint density at radius 2 is 1.41 bits per heavy atom. The van der Waals surface area contributed by atoms with E-state index in [9.17, 15) is 9.59 Å². The molecule has 1 atom stereocenters. The van der Waals surface area contributed by atoms with Crippen LogP contribution in [0.4, 0.5) is 22.7 Å². The summed E-state index contributed by atoms with van der Waals surface area (Å²) in [7, 11) is 2.16. The second-order valence-electron chi connectivity index (χ2n) is 14.5. The minimum Gasteiger partial charge on any atom is -0.493 e. The maximum Gasteiger partial charge on any atom is 0.257 e. The van der Waals surface area contributed by atoms with E-state index in [2.05, 4.69) is 62.4 Å². The SMILES string of the molecule is CN1CCCC(COc2ccc(N/C=C3\C(=O)Nc4ccc(Cl)cc43)cc2)C1.O=C1Nc2ccccc2/C1=C/Nc1ccc(CCN2CCCCC2)cc1. The van der Waals surface area contributed by atoms with Gasteiger partial charge in [-0.1, -0.05) is 48.4 Å². The number of carbonyl (C=O) groups excluding carboxylic acids is 2. The molecule has 54 heavy (non-hydrogen) atoms. The molecule has 2 saturated heterocycles. The number of amides is 2. The number of anilines is 4. The van der Waals surface area contributed by atoms with Gasteiger partial charge in [0.1, 0.15) is 5.75 Å². The maximum absolute atomic E-state index is 12.2. The van der Waals surface area contributed by atoms with Crippen molar-refractivity contribution in [2.24, 2.45) is 5.92 Å².